The van der Waals surface area contributed by atoms with Crippen LogP contribution in [0, 0.1) is 5.82 Å². The molecule has 0 radical (unpaired) electrons. The highest BCUT2D eigenvalue weighted by atomic mass is 79.9. The van der Waals surface area contributed by atoms with E-state index in [9.17, 15) is 9.18 Å². The fraction of sp³-hybridized carbons (Fsp3) is 0.133. The summed E-state index contributed by atoms with van der Waals surface area (Å²) in [4.78, 5) is 11.8. The lowest BCUT2D eigenvalue weighted by molar-refractivity contribution is -0.120. The summed E-state index contributed by atoms with van der Waals surface area (Å²) in [5.74, 6) is -0.413. The largest absolute Gasteiger partial charge is 0.352 e. The van der Waals surface area contributed by atoms with Crippen LogP contribution in [0.15, 0.2) is 51.4 Å². The van der Waals surface area contributed by atoms with Crippen LogP contribution >= 0.6 is 31.9 Å². The molecule has 0 aliphatic carbocycles. The van der Waals surface area contributed by atoms with E-state index in [0.29, 0.717) is 17.4 Å². The first-order valence-corrected chi connectivity index (χ1v) is 7.57. The van der Waals surface area contributed by atoms with E-state index in [2.05, 4.69) is 37.2 Å². The molecule has 2 nitrogen and oxygen atoms in total. The summed E-state index contributed by atoms with van der Waals surface area (Å²) in [7, 11) is 0. The lowest BCUT2D eigenvalue weighted by Crippen LogP contribution is -2.24. The molecule has 0 aliphatic rings. The first-order valence-electron chi connectivity index (χ1n) is 5.99. The number of nitrogens with one attached hydrogen (secondary N) is 1. The monoisotopic (exact) mass is 399 g/mol. The standard InChI is InChI=1S/C15H12Br2FNO/c16-12-3-1-10(2-4-12)7-15(20)19-9-11-5-13(17)8-14(18)6-11/h1-6,8H,7,9H2,(H,19,20). The van der Waals surface area contributed by atoms with Gasteiger partial charge in [0.1, 0.15) is 5.82 Å². The predicted molar refractivity (Wildman–Crippen MR) is 83.8 cm³/mol. The zero-order valence-corrected chi connectivity index (χ0v) is 13.7. The molecule has 0 atom stereocenters. The number of carbonyl (C=O) groups is 1. The Hall–Kier alpha value is -1.20. The Balaban J connectivity index is 1.90. The number of carbonyl (C=O) groups excluding carboxylic acids is 1. The minimum absolute atomic E-state index is 0.0901. The van der Waals surface area contributed by atoms with Crippen molar-refractivity contribution in [2.45, 2.75) is 13.0 Å². The average molecular weight is 401 g/mol. The molecule has 0 bridgehead atoms. The van der Waals surface area contributed by atoms with Gasteiger partial charge >= 0.3 is 0 Å². The molecular weight excluding hydrogens is 389 g/mol. The Morgan fingerprint density at radius 2 is 1.70 bits per heavy atom. The molecule has 0 heterocycles. The molecule has 0 saturated carbocycles. The first-order chi connectivity index (χ1) is 9.52. The minimum atomic E-state index is -0.323. The molecule has 5 heteroatoms. The summed E-state index contributed by atoms with van der Waals surface area (Å²) < 4.78 is 14.8. The fourth-order valence-corrected chi connectivity index (χ4v) is 2.54. The first kappa shape index (κ1) is 15.2. The molecule has 0 aliphatic heterocycles. The van der Waals surface area contributed by atoms with Gasteiger partial charge in [0.15, 0.2) is 0 Å². The molecule has 2 aromatic rings. The van der Waals surface area contributed by atoms with E-state index in [4.69, 9.17) is 0 Å². The van der Waals surface area contributed by atoms with E-state index in [1.807, 2.05) is 24.3 Å². The molecule has 20 heavy (non-hydrogen) atoms. The van der Waals surface area contributed by atoms with Crippen molar-refractivity contribution in [2.75, 3.05) is 0 Å². The Morgan fingerprint density at radius 3 is 2.35 bits per heavy atom. The molecule has 104 valence electrons. The molecule has 1 N–H and O–H groups in total. The number of hydrogen-bond donors (Lipinski definition) is 1. The van der Waals surface area contributed by atoms with Gasteiger partial charge in [-0.15, -0.1) is 0 Å². The lowest BCUT2D eigenvalue weighted by Gasteiger charge is -2.06. The van der Waals surface area contributed by atoms with Crippen molar-refractivity contribution < 1.29 is 9.18 Å². The SMILES string of the molecule is O=C(Cc1ccc(Br)cc1)NCc1cc(F)cc(Br)c1. The average Bonchev–Trinajstić information content (AvgIpc) is 2.38. The van der Waals surface area contributed by atoms with Crippen molar-refractivity contribution in [1.82, 2.24) is 5.32 Å². The van der Waals surface area contributed by atoms with Gasteiger partial charge in [-0.1, -0.05) is 44.0 Å². The van der Waals surface area contributed by atoms with Gasteiger partial charge in [0, 0.05) is 15.5 Å². The molecular formula is C15H12Br2FNO. The summed E-state index contributed by atoms with van der Waals surface area (Å²) in [6.07, 6.45) is 0.309. The van der Waals surface area contributed by atoms with Gasteiger partial charge in [0.05, 0.1) is 6.42 Å². The quantitative estimate of drug-likeness (QED) is 0.818. The van der Waals surface area contributed by atoms with Crippen LogP contribution in [0.3, 0.4) is 0 Å². The van der Waals surface area contributed by atoms with Gasteiger partial charge in [0.25, 0.3) is 0 Å². The molecule has 0 aromatic heterocycles. The Kier molecular flexibility index (Phi) is 5.31. The maximum Gasteiger partial charge on any atom is 0.224 e. The van der Waals surface area contributed by atoms with Crippen molar-refractivity contribution in [2.24, 2.45) is 0 Å². The minimum Gasteiger partial charge on any atom is -0.352 e. The van der Waals surface area contributed by atoms with Gasteiger partial charge in [-0.3, -0.25) is 4.79 Å². The van der Waals surface area contributed by atoms with Crippen molar-refractivity contribution in [3.8, 4) is 0 Å². The third-order valence-electron chi connectivity index (χ3n) is 2.69. The molecule has 2 aromatic carbocycles. The van der Waals surface area contributed by atoms with Crippen LogP contribution in [0.1, 0.15) is 11.1 Å². The highest BCUT2D eigenvalue weighted by Gasteiger charge is 2.05. The van der Waals surface area contributed by atoms with Gasteiger partial charge in [-0.05, 0) is 41.5 Å². The molecule has 0 spiro atoms. The van der Waals surface area contributed by atoms with Crippen molar-refractivity contribution >= 4 is 37.8 Å². The number of benzene rings is 2. The zero-order valence-electron chi connectivity index (χ0n) is 10.5. The number of rotatable bonds is 4. The second kappa shape index (κ2) is 6.99. The summed E-state index contributed by atoms with van der Waals surface area (Å²) >= 11 is 6.57. The zero-order chi connectivity index (χ0) is 14.5. The van der Waals surface area contributed by atoms with E-state index in [1.54, 1.807) is 6.07 Å². The van der Waals surface area contributed by atoms with E-state index in [-0.39, 0.29) is 11.7 Å². The Morgan fingerprint density at radius 1 is 1.00 bits per heavy atom. The van der Waals surface area contributed by atoms with E-state index in [0.717, 1.165) is 15.6 Å². The Bertz CT molecular complexity index is 594. The van der Waals surface area contributed by atoms with Crippen LogP contribution in [0.5, 0.6) is 0 Å². The van der Waals surface area contributed by atoms with Crippen molar-refractivity contribution in [1.29, 1.82) is 0 Å². The van der Waals surface area contributed by atoms with Gasteiger partial charge in [-0.2, -0.15) is 0 Å². The van der Waals surface area contributed by atoms with E-state index in [1.165, 1.54) is 12.1 Å². The van der Waals surface area contributed by atoms with Gasteiger partial charge in [0.2, 0.25) is 5.91 Å². The maximum atomic E-state index is 13.2. The summed E-state index contributed by atoms with van der Waals surface area (Å²) in [5.41, 5.74) is 1.66. The summed E-state index contributed by atoms with van der Waals surface area (Å²) in [6.45, 7) is 0.311. The third-order valence-corrected chi connectivity index (χ3v) is 3.68. The molecule has 1 amide bonds. The molecule has 0 saturated heterocycles. The maximum absolute atomic E-state index is 13.2. The number of amides is 1. The van der Waals surface area contributed by atoms with Gasteiger partial charge < -0.3 is 5.32 Å². The van der Waals surface area contributed by atoms with Gasteiger partial charge in [-0.25, -0.2) is 4.39 Å². The number of halogens is 3. The number of hydrogen-bond acceptors (Lipinski definition) is 1. The molecule has 0 unspecified atom stereocenters. The van der Waals surface area contributed by atoms with E-state index < -0.39 is 0 Å². The molecule has 2 rings (SSSR count). The van der Waals surface area contributed by atoms with Crippen LogP contribution in [-0.2, 0) is 17.8 Å². The smallest absolute Gasteiger partial charge is 0.224 e. The second-order valence-corrected chi connectivity index (χ2v) is 6.19. The highest BCUT2D eigenvalue weighted by molar-refractivity contribution is 9.10. The van der Waals surface area contributed by atoms with Crippen LogP contribution < -0.4 is 5.32 Å². The lowest BCUT2D eigenvalue weighted by atomic mass is 10.1. The predicted octanol–water partition coefficient (Wildman–Crippen LogP) is 4.21. The summed E-state index contributed by atoms with van der Waals surface area (Å²) in [5, 5.41) is 2.78. The van der Waals surface area contributed by atoms with Crippen molar-refractivity contribution in [3.05, 3.63) is 68.4 Å². The van der Waals surface area contributed by atoms with Crippen molar-refractivity contribution in [3.63, 3.8) is 0 Å². The van der Waals surface area contributed by atoms with Crippen LogP contribution in [0.4, 0.5) is 4.39 Å². The molecule has 0 fully saturated rings. The Labute approximate surface area is 133 Å². The van der Waals surface area contributed by atoms with Crippen LogP contribution in [0.25, 0.3) is 0 Å². The third kappa shape index (κ3) is 4.72. The summed E-state index contributed by atoms with van der Waals surface area (Å²) in [6, 6.07) is 12.1. The second-order valence-electron chi connectivity index (χ2n) is 4.36. The van der Waals surface area contributed by atoms with Crippen LogP contribution in [0.2, 0.25) is 0 Å². The topological polar surface area (TPSA) is 29.1 Å². The highest BCUT2D eigenvalue weighted by Crippen LogP contribution is 2.15. The fourth-order valence-electron chi connectivity index (χ4n) is 1.76. The van der Waals surface area contributed by atoms with E-state index >= 15 is 0 Å². The van der Waals surface area contributed by atoms with Crippen LogP contribution in [-0.4, -0.2) is 5.91 Å². The normalized spacial score (nSPS) is 10.3.